The molecule has 1 nitrogen and oxygen atoms in total. The Morgan fingerprint density at radius 3 is 2.15 bits per heavy atom. The molecular weight excluding hydrogens is 432 g/mol. The van der Waals surface area contributed by atoms with Crippen molar-refractivity contribution in [1.82, 2.24) is 0 Å². The van der Waals surface area contributed by atoms with Crippen LogP contribution in [0.15, 0.2) is 108 Å². The summed E-state index contributed by atoms with van der Waals surface area (Å²) in [6, 6.07) is 40.4. The fraction of sp³-hybridized carbons (Fsp3) is 0. The van der Waals surface area contributed by atoms with E-state index in [4.69, 9.17) is 4.42 Å². The fourth-order valence-corrected chi connectivity index (χ4v) is 6.70. The van der Waals surface area contributed by atoms with Crippen molar-refractivity contribution in [3.8, 4) is 11.1 Å². The van der Waals surface area contributed by atoms with E-state index in [1.807, 2.05) is 23.5 Å². The Balaban J connectivity index is 1.67. The summed E-state index contributed by atoms with van der Waals surface area (Å²) in [5.74, 6) is 0. The van der Waals surface area contributed by atoms with E-state index < -0.39 is 0 Å². The minimum atomic E-state index is 0.814. The second-order valence-corrected chi connectivity index (χ2v) is 9.84. The van der Waals surface area contributed by atoms with Crippen LogP contribution in [0.25, 0.3) is 74.8 Å². The molecule has 1 radical (unpaired) electrons. The van der Waals surface area contributed by atoms with Gasteiger partial charge in [-0.25, -0.2) is 0 Å². The molecule has 2 heteroatoms. The summed E-state index contributed by atoms with van der Waals surface area (Å²) in [6.07, 6.45) is 0. The van der Waals surface area contributed by atoms with Crippen LogP contribution in [0.1, 0.15) is 0 Å². The van der Waals surface area contributed by atoms with Crippen molar-refractivity contribution in [3.63, 3.8) is 0 Å². The molecule has 34 heavy (non-hydrogen) atoms. The number of rotatable bonds is 1. The monoisotopic (exact) mass is 449 g/mol. The third kappa shape index (κ3) is 2.38. The Hall–Kier alpha value is -4.14. The smallest absolute Gasteiger partial charge is 0.144 e. The van der Waals surface area contributed by atoms with Crippen LogP contribution in [0.5, 0.6) is 0 Å². The lowest BCUT2D eigenvalue weighted by Gasteiger charge is -2.13. The molecule has 157 valence electrons. The maximum atomic E-state index is 6.32. The van der Waals surface area contributed by atoms with E-state index in [0.29, 0.717) is 0 Å². The number of fused-ring (bicyclic) bond motifs is 9. The summed E-state index contributed by atoms with van der Waals surface area (Å²) < 4.78 is 9.00. The first kappa shape index (κ1) is 18.3. The molecule has 0 aliphatic carbocycles. The predicted molar refractivity (Wildman–Crippen MR) is 146 cm³/mol. The van der Waals surface area contributed by atoms with Gasteiger partial charge < -0.3 is 4.42 Å². The number of furan rings is 1. The third-order valence-electron chi connectivity index (χ3n) is 6.94. The van der Waals surface area contributed by atoms with Crippen molar-refractivity contribution in [2.75, 3.05) is 0 Å². The highest BCUT2D eigenvalue weighted by atomic mass is 32.1. The summed E-state index contributed by atoms with van der Waals surface area (Å²) in [5.41, 5.74) is 4.18. The quantitative estimate of drug-likeness (QED) is 0.243. The highest BCUT2D eigenvalue weighted by molar-refractivity contribution is 7.26. The van der Waals surface area contributed by atoms with Crippen molar-refractivity contribution >= 4 is 75.0 Å². The van der Waals surface area contributed by atoms with Gasteiger partial charge in [-0.15, -0.1) is 11.3 Å². The fourth-order valence-electron chi connectivity index (χ4n) is 5.48. The van der Waals surface area contributed by atoms with Crippen LogP contribution in [0.4, 0.5) is 0 Å². The van der Waals surface area contributed by atoms with Crippen LogP contribution in [-0.4, -0.2) is 0 Å². The molecule has 2 aromatic heterocycles. The van der Waals surface area contributed by atoms with Crippen molar-refractivity contribution in [3.05, 3.63) is 109 Å². The molecule has 0 spiro atoms. The Morgan fingerprint density at radius 2 is 1.26 bits per heavy atom. The van der Waals surface area contributed by atoms with E-state index in [0.717, 1.165) is 27.3 Å². The SMILES string of the molecule is [c]1c2ccccc2c(-c2cc3c4ccccc4sc3c3ccccc23)c2c1oc1ccccc12. The predicted octanol–water partition coefficient (Wildman–Crippen LogP) is 9.73. The zero-order chi connectivity index (χ0) is 22.2. The molecule has 0 bridgehead atoms. The van der Waals surface area contributed by atoms with Gasteiger partial charge in [0.2, 0.25) is 0 Å². The first-order chi connectivity index (χ1) is 16.9. The van der Waals surface area contributed by atoms with Gasteiger partial charge in [0.05, 0.1) is 0 Å². The molecule has 6 aromatic carbocycles. The van der Waals surface area contributed by atoms with E-state index in [2.05, 4.69) is 97.1 Å². The van der Waals surface area contributed by atoms with Gasteiger partial charge in [0.25, 0.3) is 0 Å². The number of para-hydroxylation sites is 1. The molecular formula is C32H17OS. The summed E-state index contributed by atoms with van der Waals surface area (Å²) >= 11 is 1.88. The van der Waals surface area contributed by atoms with Gasteiger partial charge in [-0.05, 0) is 39.9 Å². The van der Waals surface area contributed by atoms with E-state index in [1.165, 1.54) is 47.5 Å². The number of hydrogen-bond acceptors (Lipinski definition) is 2. The minimum absolute atomic E-state index is 0.814. The third-order valence-corrected chi connectivity index (χ3v) is 8.16. The normalized spacial score (nSPS) is 12.1. The molecule has 2 heterocycles. The summed E-state index contributed by atoms with van der Waals surface area (Å²) in [4.78, 5) is 0. The van der Waals surface area contributed by atoms with Crippen molar-refractivity contribution < 1.29 is 4.42 Å². The van der Waals surface area contributed by atoms with E-state index >= 15 is 0 Å². The van der Waals surface area contributed by atoms with Crippen molar-refractivity contribution in [2.24, 2.45) is 0 Å². The average molecular weight is 450 g/mol. The van der Waals surface area contributed by atoms with Crippen LogP contribution in [0.2, 0.25) is 0 Å². The molecule has 0 unspecified atom stereocenters. The highest BCUT2D eigenvalue weighted by Gasteiger charge is 2.20. The summed E-state index contributed by atoms with van der Waals surface area (Å²) in [5, 5.41) is 9.74. The molecule has 0 aliphatic rings. The maximum absolute atomic E-state index is 6.32. The lowest BCUT2D eigenvalue weighted by molar-refractivity contribution is 0.669. The first-order valence-corrected chi connectivity index (χ1v) is 12.3. The molecule has 0 N–H and O–H groups in total. The van der Waals surface area contributed by atoms with E-state index in [1.54, 1.807) is 0 Å². The molecule has 0 saturated heterocycles. The van der Waals surface area contributed by atoms with Crippen molar-refractivity contribution in [1.29, 1.82) is 0 Å². The van der Waals surface area contributed by atoms with Gasteiger partial charge in [-0.1, -0.05) is 84.9 Å². The first-order valence-electron chi connectivity index (χ1n) is 11.5. The van der Waals surface area contributed by atoms with E-state index in [9.17, 15) is 0 Å². The Bertz CT molecular complexity index is 2070. The standard InChI is InChI=1S/C32H17OS/c1-2-10-20-19(9-1)17-28-31(24-14-5-7-15-27(24)33-28)30(20)25-18-26-22-12-6-8-16-29(22)34-32(26)23-13-4-3-11-21(23)25/h1-16,18H. The van der Waals surface area contributed by atoms with Crippen LogP contribution < -0.4 is 0 Å². The molecule has 0 aliphatic heterocycles. The number of thiophene rings is 1. The molecule has 8 rings (SSSR count). The highest BCUT2D eigenvalue weighted by Crippen LogP contribution is 2.47. The van der Waals surface area contributed by atoms with Gasteiger partial charge in [-0.2, -0.15) is 0 Å². The zero-order valence-corrected chi connectivity index (χ0v) is 18.9. The second-order valence-electron chi connectivity index (χ2n) is 8.79. The minimum Gasteiger partial charge on any atom is -0.455 e. The van der Waals surface area contributed by atoms with Gasteiger partial charge in [-0.3, -0.25) is 0 Å². The van der Waals surface area contributed by atoms with Crippen LogP contribution in [0, 0.1) is 6.07 Å². The second kappa shape index (κ2) is 6.69. The Morgan fingerprint density at radius 1 is 0.588 bits per heavy atom. The van der Waals surface area contributed by atoms with Gasteiger partial charge in [0, 0.05) is 48.0 Å². The summed E-state index contributed by atoms with van der Waals surface area (Å²) in [7, 11) is 0. The Kier molecular flexibility index (Phi) is 3.60. The van der Waals surface area contributed by atoms with Gasteiger partial charge >= 0.3 is 0 Å². The lowest BCUT2D eigenvalue weighted by atomic mass is 9.89. The molecule has 0 fully saturated rings. The number of benzene rings is 6. The van der Waals surface area contributed by atoms with Crippen LogP contribution in [-0.2, 0) is 0 Å². The van der Waals surface area contributed by atoms with E-state index in [-0.39, 0.29) is 0 Å². The zero-order valence-electron chi connectivity index (χ0n) is 18.1. The topological polar surface area (TPSA) is 13.1 Å². The molecule has 8 aromatic rings. The molecule has 0 amide bonds. The lowest BCUT2D eigenvalue weighted by Crippen LogP contribution is -1.87. The summed E-state index contributed by atoms with van der Waals surface area (Å²) in [6.45, 7) is 0. The Labute approximate surface area is 199 Å². The molecule has 0 saturated carbocycles. The largest absolute Gasteiger partial charge is 0.455 e. The van der Waals surface area contributed by atoms with Crippen molar-refractivity contribution in [2.45, 2.75) is 0 Å². The number of hydrogen-bond donors (Lipinski definition) is 0. The average Bonchev–Trinajstić information content (AvgIpc) is 3.45. The van der Waals surface area contributed by atoms with Gasteiger partial charge in [0.15, 0.2) is 0 Å². The maximum Gasteiger partial charge on any atom is 0.144 e. The molecule has 0 atom stereocenters. The van der Waals surface area contributed by atoms with Crippen LogP contribution >= 0.6 is 11.3 Å². The van der Waals surface area contributed by atoms with Gasteiger partial charge in [0.1, 0.15) is 11.2 Å². The van der Waals surface area contributed by atoms with Crippen LogP contribution in [0.3, 0.4) is 0 Å².